The standard InChI is InChI=1S/C27H28N4O2/c1-27(2,3)33-26(32)31-23-16-14-22(23)20-10-12-21(13-11-20)30-25-24(28-17-18-29-25)15-9-19-7-5-4-6-8-19/h4-8,10-13,17-18,22-23H,14,16H2,1-3H3,(H,29,30)(H,31,32). The Kier molecular flexibility index (Phi) is 6.60. The Hall–Kier alpha value is -3.85. The van der Waals surface area contributed by atoms with E-state index in [0.29, 0.717) is 11.5 Å². The van der Waals surface area contributed by atoms with E-state index in [-0.39, 0.29) is 18.1 Å². The molecule has 168 valence electrons. The fraction of sp³-hybridized carbons (Fsp3) is 0.296. The molecule has 0 saturated heterocycles. The molecule has 0 aliphatic heterocycles. The molecule has 0 radical (unpaired) electrons. The first-order valence-electron chi connectivity index (χ1n) is 11.1. The van der Waals surface area contributed by atoms with Crippen LogP contribution in [0.4, 0.5) is 16.3 Å². The number of rotatable bonds is 4. The molecule has 2 N–H and O–H groups in total. The van der Waals surface area contributed by atoms with E-state index in [4.69, 9.17) is 4.74 Å². The molecule has 1 aliphatic carbocycles. The molecular weight excluding hydrogens is 412 g/mol. The summed E-state index contributed by atoms with van der Waals surface area (Å²) in [5.41, 5.74) is 3.11. The number of benzene rings is 2. The van der Waals surface area contributed by atoms with Crippen LogP contribution in [0, 0.1) is 11.8 Å². The van der Waals surface area contributed by atoms with Crippen molar-refractivity contribution in [1.82, 2.24) is 15.3 Å². The minimum atomic E-state index is -0.499. The largest absolute Gasteiger partial charge is 0.444 e. The van der Waals surface area contributed by atoms with E-state index < -0.39 is 5.60 Å². The number of ether oxygens (including phenoxy) is 1. The molecule has 2 unspecified atom stereocenters. The van der Waals surface area contributed by atoms with Gasteiger partial charge in [-0.1, -0.05) is 36.3 Å². The average Bonchev–Trinajstić information content (AvgIpc) is 2.77. The van der Waals surface area contributed by atoms with Crippen molar-refractivity contribution in [2.75, 3.05) is 5.32 Å². The predicted molar refractivity (Wildman–Crippen MR) is 129 cm³/mol. The summed E-state index contributed by atoms with van der Waals surface area (Å²) in [5.74, 6) is 7.12. The summed E-state index contributed by atoms with van der Waals surface area (Å²) in [6.07, 6.45) is 4.91. The molecule has 1 aromatic heterocycles. The van der Waals surface area contributed by atoms with Crippen molar-refractivity contribution in [1.29, 1.82) is 0 Å². The SMILES string of the molecule is CC(C)(C)OC(=O)NC1CCC1c1ccc(Nc2nccnc2C#Cc2ccccc2)cc1. The summed E-state index contributed by atoms with van der Waals surface area (Å²) < 4.78 is 5.39. The first kappa shape index (κ1) is 22.3. The minimum absolute atomic E-state index is 0.0958. The lowest BCUT2D eigenvalue weighted by Gasteiger charge is -2.37. The zero-order chi connectivity index (χ0) is 23.3. The van der Waals surface area contributed by atoms with Crippen LogP contribution in [-0.2, 0) is 4.74 Å². The highest BCUT2D eigenvalue weighted by Gasteiger charge is 2.34. The number of nitrogens with zero attached hydrogens (tertiary/aromatic N) is 2. The summed E-state index contributed by atoms with van der Waals surface area (Å²) in [5, 5.41) is 6.31. The van der Waals surface area contributed by atoms with Crippen LogP contribution in [0.15, 0.2) is 67.0 Å². The lowest BCUT2D eigenvalue weighted by atomic mass is 9.75. The number of hydrogen-bond donors (Lipinski definition) is 2. The second-order valence-electron chi connectivity index (χ2n) is 9.05. The zero-order valence-corrected chi connectivity index (χ0v) is 19.1. The first-order valence-corrected chi connectivity index (χ1v) is 11.1. The maximum atomic E-state index is 12.1. The molecule has 1 aliphatic rings. The molecular formula is C27H28N4O2. The number of aromatic nitrogens is 2. The van der Waals surface area contributed by atoms with E-state index in [0.717, 1.165) is 24.1 Å². The van der Waals surface area contributed by atoms with Crippen molar-refractivity contribution in [2.24, 2.45) is 0 Å². The third-order valence-electron chi connectivity index (χ3n) is 5.38. The Morgan fingerprint density at radius 3 is 2.36 bits per heavy atom. The van der Waals surface area contributed by atoms with Crippen molar-refractivity contribution in [3.05, 3.63) is 83.8 Å². The highest BCUT2D eigenvalue weighted by Crippen LogP contribution is 2.37. The van der Waals surface area contributed by atoms with Crippen LogP contribution in [0.5, 0.6) is 0 Å². The topological polar surface area (TPSA) is 76.1 Å². The molecule has 1 amide bonds. The zero-order valence-electron chi connectivity index (χ0n) is 19.1. The molecule has 4 rings (SSSR count). The Morgan fingerprint density at radius 1 is 0.970 bits per heavy atom. The average molecular weight is 441 g/mol. The van der Waals surface area contributed by atoms with Crippen molar-refractivity contribution in [3.8, 4) is 11.8 Å². The summed E-state index contributed by atoms with van der Waals surface area (Å²) in [6.45, 7) is 5.60. The van der Waals surface area contributed by atoms with E-state index in [1.54, 1.807) is 12.4 Å². The van der Waals surface area contributed by atoms with Crippen LogP contribution >= 0.6 is 0 Å². The molecule has 3 aromatic rings. The molecule has 1 heterocycles. The monoisotopic (exact) mass is 440 g/mol. The third kappa shape index (κ3) is 6.11. The Balaban J connectivity index is 1.41. The van der Waals surface area contributed by atoms with Gasteiger partial charge in [0, 0.05) is 35.6 Å². The van der Waals surface area contributed by atoms with Gasteiger partial charge in [-0.05, 0) is 69.4 Å². The predicted octanol–water partition coefficient (Wildman–Crippen LogP) is 5.39. The van der Waals surface area contributed by atoms with Gasteiger partial charge in [0.25, 0.3) is 0 Å². The minimum Gasteiger partial charge on any atom is -0.444 e. The molecule has 2 atom stereocenters. The van der Waals surface area contributed by atoms with E-state index in [9.17, 15) is 4.79 Å². The van der Waals surface area contributed by atoms with Crippen molar-refractivity contribution in [3.63, 3.8) is 0 Å². The van der Waals surface area contributed by atoms with Crippen LogP contribution in [0.25, 0.3) is 0 Å². The van der Waals surface area contributed by atoms with Gasteiger partial charge >= 0.3 is 6.09 Å². The molecule has 6 nitrogen and oxygen atoms in total. The smallest absolute Gasteiger partial charge is 0.407 e. The number of carbonyl (C=O) groups is 1. The lowest BCUT2D eigenvalue weighted by molar-refractivity contribution is 0.0466. The van der Waals surface area contributed by atoms with Crippen LogP contribution in [0.1, 0.15) is 56.4 Å². The van der Waals surface area contributed by atoms with Crippen molar-refractivity contribution < 1.29 is 9.53 Å². The van der Waals surface area contributed by atoms with Gasteiger partial charge in [-0.25, -0.2) is 14.8 Å². The van der Waals surface area contributed by atoms with Crippen molar-refractivity contribution in [2.45, 2.75) is 51.2 Å². The maximum Gasteiger partial charge on any atom is 0.407 e. The van der Waals surface area contributed by atoms with Crippen LogP contribution in [-0.4, -0.2) is 27.7 Å². The summed E-state index contributed by atoms with van der Waals surface area (Å²) >= 11 is 0. The number of hydrogen-bond acceptors (Lipinski definition) is 5. The lowest BCUT2D eigenvalue weighted by Crippen LogP contribution is -2.47. The van der Waals surface area contributed by atoms with Gasteiger partial charge < -0.3 is 15.4 Å². The third-order valence-corrected chi connectivity index (χ3v) is 5.38. The Morgan fingerprint density at radius 2 is 1.70 bits per heavy atom. The van der Waals surface area contributed by atoms with Gasteiger partial charge in [0.15, 0.2) is 11.5 Å². The van der Waals surface area contributed by atoms with E-state index >= 15 is 0 Å². The van der Waals surface area contributed by atoms with Gasteiger partial charge in [0.2, 0.25) is 0 Å². The van der Waals surface area contributed by atoms with E-state index in [1.165, 1.54) is 5.56 Å². The van der Waals surface area contributed by atoms with Crippen LogP contribution in [0.2, 0.25) is 0 Å². The molecule has 6 heteroatoms. The summed E-state index contributed by atoms with van der Waals surface area (Å²) in [6, 6.07) is 18.1. The van der Waals surface area contributed by atoms with Gasteiger partial charge in [-0.15, -0.1) is 0 Å². The fourth-order valence-corrected chi connectivity index (χ4v) is 3.65. The quantitative estimate of drug-likeness (QED) is 0.532. The van der Waals surface area contributed by atoms with Gasteiger partial charge in [0.1, 0.15) is 5.60 Å². The molecule has 1 saturated carbocycles. The Bertz CT molecular complexity index is 1160. The van der Waals surface area contributed by atoms with Crippen LogP contribution in [0.3, 0.4) is 0 Å². The second kappa shape index (κ2) is 9.74. The first-order chi connectivity index (χ1) is 15.9. The number of amides is 1. The maximum absolute atomic E-state index is 12.1. The normalized spacial score (nSPS) is 17.2. The summed E-state index contributed by atoms with van der Waals surface area (Å²) in [7, 11) is 0. The molecule has 33 heavy (non-hydrogen) atoms. The van der Waals surface area contributed by atoms with Gasteiger partial charge in [-0.2, -0.15) is 0 Å². The van der Waals surface area contributed by atoms with Gasteiger partial charge in [-0.3, -0.25) is 0 Å². The van der Waals surface area contributed by atoms with E-state index in [1.807, 2.05) is 63.2 Å². The van der Waals surface area contributed by atoms with Crippen LogP contribution < -0.4 is 10.6 Å². The second-order valence-corrected chi connectivity index (χ2v) is 9.05. The molecule has 2 aromatic carbocycles. The number of nitrogens with one attached hydrogen (secondary N) is 2. The molecule has 0 spiro atoms. The summed E-state index contributed by atoms with van der Waals surface area (Å²) in [4.78, 5) is 20.9. The highest BCUT2D eigenvalue weighted by atomic mass is 16.6. The number of anilines is 2. The fourth-order valence-electron chi connectivity index (χ4n) is 3.65. The number of alkyl carbamates (subject to hydrolysis) is 1. The van der Waals surface area contributed by atoms with E-state index in [2.05, 4.69) is 44.6 Å². The Labute approximate surface area is 194 Å². The highest BCUT2D eigenvalue weighted by molar-refractivity contribution is 5.68. The van der Waals surface area contributed by atoms with Crippen molar-refractivity contribution >= 4 is 17.6 Å². The number of carbonyl (C=O) groups excluding carboxylic acids is 1. The van der Waals surface area contributed by atoms with Gasteiger partial charge in [0.05, 0.1) is 0 Å². The molecule has 0 bridgehead atoms. The molecule has 1 fully saturated rings.